The Morgan fingerprint density at radius 1 is 1.07 bits per heavy atom. The number of para-hydroxylation sites is 1. The average molecular weight is 386 g/mol. The first-order valence-electron chi connectivity index (χ1n) is 9.19. The third kappa shape index (κ3) is 4.42. The molecule has 2 amide bonds. The van der Waals surface area contributed by atoms with Gasteiger partial charge in [-0.05, 0) is 31.2 Å². The van der Waals surface area contributed by atoms with E-state index in [1.165, 1.54) is 0 Å². The van der Waals surface area contributed by atoms with Crippen molar-refractivity contribution in [3.63, 3.8) is 0 Å². The van der Waals surface area contributed by atoms with E-state index < -0.39 is 0 Å². The number of piperazine rings is 1. The second-order valence-corrected chi connectivity index (χ2v) is 7.09. The predicted octanol–water partition coefficient (Wildman–Crippen LogP) is 3.96. The van der Waals surface area contributed by atoms with Gasteiger partial charge in [0.15, 0.2) is 0 Å². The Balaban J connectivity index is 1.79. The van der Waals surface area contributed by atoms with Gasteiger partial charge in [-0.2, -0.15) is 0 Å². The number of amides is 2. The van der Waals surface area contributed by atoms with Gasteiger partial charge in [0.05, 0.1) is 16.4 Å². The molecule has 2 aromatic carbocycles. The normalized spacial score (nSPS) is 14.2. The van der Waals surface area contributed by atoms with E-state index in [9.17, 15) is 9.59 Å². The summed E-state index contributed by atoms with van der Waals surface area (Å²) in [5, 5.41) is 3.58. The van der Waals surface area contributed by atoms with Crippen LogP contribution in [0.25, 0.3) is 0 Å². The minimum atomic E-state index is -0.165. The molecule has 0 unspecified atom stereocenters. The fourth-order valence-electron chi connectivity index (χ4n) is 3.32. The second kappa shape index (κ2) is 8.44. The predicted molar refractivity (Wildman–Crippen MR) is 110 cm³/mol. The summed E-state index contributed by atoms with van der Waals surface area (Å²) in [6, 6.07) is 13.0. The molecule has 1 aliphatic rings. The first-order valence-corrected chi connectivity index (χ1v) is 9.56. The largest absolute Gasteiger partial charge is 0.365 e. The molecule has 1 N–H and O–H groups in total. The molecule has 0 radical (unpaired) electrons. The van der Waals surface area contributed by atoms with Crippen LogP contribution >= 0.6 is 11.6 Å². The highest BCUT2D eigenvalue weighted by molar-refractivity contribution is 6.34. The molecule has 0 saturated carbocycles. The molecule has 0 atom stereocenters. The van der Waals surface area contributed by atoms with Gasteiger partial charge in [0, 0.05) is 38.2 Å². The molecule has 0 aliphatic carbocycles. The van der Waals surface area contributed by atoms with E-state index in [0.717, 1.165) is 11.3 Å². The summed E-state index contributed by atoms with van der Waals surface area (Å²) in [6.45, 7) is 6.51. The molecule has 0 spiro atoms. The molecule has 142 valence electrons. The number of hydrogen-bond donors (Lipinski definition) is 1. The zero-order valence-electron chi connectivity index (χ0n) is 15.7. The fraction of sp³-hybridized carbons (Fsp3) is 0.333. The summed E-state index contributed by atoms with van der Waals surface area (Å²) in [5.74, 6) is 0.00351. The van der Waals surface area contributed by atoms with Crippen LogP contribution in [0, 0.1) is 6.92 Å². The first-order chi connectivity index (χ1) is 13.0. The van der Waals surface area contributed by atoms with Crippen LogP contribution in [0.5, 0.6) is 0 Å². The summed E-state index contributed by atoms with van der Waals surface area (Å²) >= 11 is 6.47. The van der Waals surface area contributed by atoms with E-state index in [1.54, 1.807) is 6.07 Å². The molecule has 1 aliphatic heterocycles. The number of nitrogens with one attached hydrogen (secondary N) is 1. The smallest absolute Gasteiger partial charge is 0.255 e. The van der Waals surface area contributed by atoms with Gasteiger partial charge in [-0.1, -0.05) is 42.3 Å². The summed E-state index contributed by atoms with van der Waals surface area (Å²) in [5.41, 5.74) is 3.14. The maximum Gasteiger partial charge on any atom is 0.255 e. The number of halogens is 1. The van der Waals surface area contributed by atoms with Gasteiger partial charge in [0.25, 0.3) is 5.91 Å². The molecular formula is C21H24ClN3O2. The number of nitrogens with zero attached hydrogens (tertiary/aromatic N) is 2. The number of carbonyl (C=O) groups is 2. The molecule has 2 aromatic rings. The first kappa shape index (κ1) is 19.2. The van der Waals surface area contributed by atoms with Crippen molar-refractivity contribution < 1.29 is 9.59 Å². The average Bonchev–Trinajstić information content (AvgIpc) is 2.68. The van der Waals surface area contributed by atoms with Gasteiger partial charge in [-0.25, -0.2) is 0 Å². The maximum atomic E-state index is 12.7. The summed E-state index contributed by atoms with van der Waals surface area (Å²) in [7, 11) is 0. The molecule has 1 fully saturated rings. The van der Waals surface area contributed by atoms with Crippen molar-refractivity contribution in [1.82, 2.24) is 4.90 Å². The number of rotatable bonds is 4. The highest BCUT2D eigenvalue weighted by Crippen LogP contribution is 2.35. The Labute approximate surface area is 164 Å². The molecule has 6 heteroatoms. The van der Waals surface area contributed by atoms with Crippen LogP contribution in [-0.2, 0) is 4.79 Å². The van der Waals surface area contributed by atoms with Crippen molar-refractivity contribution in [2.24, 2.45) is 0 Å². The van der Waals surface area contributed by atoms with Crippen LogP contribution in [0.4, 0.5) is 11.4 Å². The lowest BCUT2D eigenvalue weighted by Crippen LogP contribution is -2.48. The van der Waals surface area contributed by atoms with E-state index >= 15 is 0 Å². The third-order valence-corrected chi connectivity index (χ3v) is 5.07. The molecule has 1 heterocycles. The monoisotopic (exact) mass is 385 g/mol. The number of aryl methyl sites for hydroxylation is 1. The highest BCUT2D eigenvalue weighted by Gasteiger charge is 2.24. The summed E-state index contributed by atoms with van der Waals surface area (Å²) < 4.78 is 0. The standard InChI is InChI=1S/C21H24ClN3O2/c1-3-19(26)24-10-12-25(13-11-24)20-17(22)8-5-9-18(20)23-21(27)16-7-4-6-15(2)14-16/h4-9,14H,3,10-13H2,1-2H3,(H,23,27). The highest BCUT2D eigenvalue weighted by atomic mass is 35.5. The minimum Gasteiger partial charge on any atom is -0.365 e. The van der Waals surface area contributed by atoms with E-state index in [4.69, 9.17) is 11.6 Å². The van der Waals surface area contributed by atoms with Crippen molar-refractivity contribution in [3.05, 3.63) is 58.6 Å². The molecule has 27 heavy (non-hydrogen) atoms. The van der Waals surface area contributed by atoms with Crippen molar-refractivity contribution in [3.8, 4) is 0 Å². The van der Waals surface area contributed by atoms with E-state index in [2.05, 4.69) is 10.2 Å². The Hall–Kier alpha value is -2.53. The molecule has 1 saturated heterocycles. The lowest BCUT2D eigenvalue weighted by molar-refractivity contribution is -0.131. The van der Waals surface area contributed by atoms with Crippen molar-refractivity contribution in [2.75, 3.05) is 36.4 Å². The van der Waals surface area contributed by atoms with Crippen LogP contribution < -0.4 is 10.2 Å². The van der Waals surface area contributed by atoms with Crippen LogP contribution in [0.3, 0.4) is 0 Å². The Kier molecular flexibility index (Phi) is 6.01. The molecule has 5 nitrogen and oxygen atoms in total. The van der Waals surface area contributed by atoms with Crippen molar-refractivity contribution >= 4 is 34.8 Å². The van der Waals surface area contributed by atoms with Crippen LogP contribution in [0.15, 0.2) is 42.5 Å². The second-order valence-electron chi connectivity index (χ2n) is 6.68. The molecule has 3 rings (SSSR count). The SMILES string of the molecule is CCC(=O)N1CCN(c2c(Cl)cccc2NC(=O)c2cccc(C)c2)CC1. The van der Waals surface area contributed by atoms with Crippen LogP contribution in [0.2, 0.25) is 5.02 Å². The molecule has 0 bridgehead atoms. The maximum absolute atomic E-state index is 12.7. The van der Waals surface area contributed by atoms with Gasteiger partial charge >= 0.3 is 0 Å². The van der Waals surface area contributed by atoms with E-state index in [-0.39, 0.29) is 11.8 Å². The van der Waals surface area contributed by atoms with Crippen LogP contribution in [0.1, 0.15) is 29.3 Å². The molecule has 0 aromatic heterocycles. The quantitative estimate of drug-likeness (QED) is 0.866. The number of carbonyl (C=O) groups excluding carboxylic acids is 2. The Bertz CT molecular complexity index is 845. The van der Waals surface area contributed by atoms with Crippen molar-refractivity contribution in [1.29, 1.82) is 0 Å². The third-order valence-electron chi connectivity index (χ3n) is 4.77. The van der Waals surface area contributed by atoms with Gasteiger partial charge in [-0.15, -0.1) is 0 Å². The van der Waals surface area contributed by atoms with Gasteiger partial charge < -0.3 is 15.1 Å². The zero-order valence-corrected chi connectivity index (χ0v) is 16.4. The molecular weight excluding hydrogens is 362 g/mol. The van der Waals surface area contributed by atoms with Gasteiger partial charge in [-0.3, -0.25) is 9.59 Å². The van der Waals surface area contributed by atoms with Crippen LogP contribution in [-0.4, -0.2) is 42.9 Å². The van der Waals surface area contributed by atoms with Gasteiger partial charge in [0.1, 0.15) is 0 Å². The van der Waals surface area contributed by atoms with Gasteiger partial charge in [0.2, 0.25) is 5.91 Å². The number of hydrogen-bond acceptors (Lipinski definition) is 3. The summed E-state index contributed by atoms with van der Waals surface area (Å²) in [4.78, 5) is 28.6. The number of anilines is 2. The summed E-state index contributed by atoms with van der Waals surface area (Å²) in [6.07, 6.45) is 0.518. The fourth-order valence-corrected chi connectivity index (χ4v) is 3.62. The Morgan fingerprint density at radius 3 is 2.44 bits per heavy atom. The number of benzene rings is 2. The zero-order chi connectivity index (χ0) is 19.4. The van der Waals surface area contributed by atoms with E-state index in [1.807, 2.05) is 55.1 Å². The Morgan fingerprint density at radius 2 is 1.78 bits per heavy atom. The van der Waals surface area contributed by atoms with Crippen molar-refractivity contribution in [2.45, 2.75) is 20.3 Å². The minimum absolute atomic E-state index is 0.165. The lowest BCUT2D eigenvalue weighted by atomic mass is 10.1. The lowest BCUT2D eigenvalue weighted by Gasteiger charge is -2.37. The van der Waals surface area contributed by atoms with E-state index in [0.29, 0.717) is 48.9 Å². The topological polar surface area (TPSA) is 52.7 Å².